The van der Waals surface area contributed by atoms with Crippen molar-refractivity contribution in [3.8, 4) is 0 Å². The highest BCUT2D eigenvalue weighted by Crippen LogP contribution is 1.99. The van der Waals surface area contributed by atoms with Crippen LogP contribution in [-0.4, -0.2) is 50.8 Å². The number of hydrogen-bond acceptors (Lipinski definition) is 3. The molecular weight excluding hydrogens is 188 g/mol. The predicted octanol–water partition coefficient (Wildman–Crippen LogP) is 1.34. The van der Waals surface area contributed by atoms with Crippen LogP contribution in [0.3, 0.4) is 0 Å². The van der Waals surface area contributed by atoms with Gasteiger partial charge in [-0.1, -0.05) is 13.8 Å². The predicted molar refractivity (Wildman–Crippen MR) is 64.2 cm³/mol. The van der Waals surface area contributed by atoms with Crippen LogP contribution in [0, 0.1) is 5.92 Å². The van der Waals surface area contributed by atoms with Crippen molar-refractivity contribution >= 4 is 0 Å². The van der Waals surface area contributed by atoms with Crippen LogP contribution in [0.25, 0.3) is 0 Å². The van der Waals surface area contributed by atoms with Crippen LogP contribution >= 0.6 is 0 Å². The molecule has 0 aromatic heterocycles. The summed E-state index contributed by atoms with van der Waals surface area (Å²) < 4.78 is 5.63. The Morgan fingerprint density at radius 1 is 1.20 bits per heavy atom. The SMILES string of the molecule is CC(C)CCOCCN1CCCNCC1. The molecule has 0 saturated carbocycles. The van der Waals surface area contributed by atoms with Crippen LogP contribution in [0.5, 0.6) is 0 Å². The summed E-state index contributed by atoms with van der Waals surface area (Å²) in [6, 6.07) is 0. The second kappa shape index (κ2) is 8.08. The van der Waals surface area contributed by atoms with Gasteiger partial charge in [0, 0.05) is 26.2 Å². The zero-order valence-electron chi connectivity index (χ0n) is 10.3. The molecule has 0 aromatic rings. The van der Waals surface area contributed by atoms with Crippen molar-refractivity contribution in [2.75, 3.05) is 45.9 Å². The Kier molecular flexibility index (Phi) is 6.98. The summed E-state index contributed by atoms with van der Waals surface area (Å²) in [5.41, 5.74) is 0. The molecule has 90 valence electrons. The van der Waals surface area contributed by atoms with Crippen molar-refractivity contribution in [3.05, 3.63) is 0 Å². The van der Waals surface area contributed by atoms with E-state index in [2.05, 4.69) is 24.1 Å². The number of nitrogens with zero attached hydrogens (tertiary/aromatic N) is 1. The molecular formula is C12H26N2O. The highest BCUT2D eigenvalue weighted by atomic mass is 16.5. The topological polar surface area (TPSA) is 24.5 Å². The van der Waals surface area contributed by atoms with Gasteiger partial charge in [0.2, 0.25) is 0 Å². The smallest absolute Gasteiger partial charge is 0.0593 e. The molecule has 15 heavy (non-hydrogen) atoms. The minimum absolute atomic E-state index is 0.757. The molecule has 0 unspecified atom stereocenters. The first-order chi connectivity index (χ1) is 7.29. The van der Waals surface area contributed by atoms with Gasteiger partial charge in [-0.15, -0.1) is 0 Å². The maximum absolute atomic E-state index is 5.63. The van der Waals surface area contributed by atoms with E-state index in [0.29, 0.717) is 0 Å². The molecule has 1 heterocycles. The Morgan fingerprint density at radius 3 is 2.87 bits per heavy atom. The van der Waals surface area contributed by atoms with E-state index < -0.39 is 0 Å². The van der Waals surface area contributed by atoms with Gasteiger partial charge in [0.1, 0.15) is 0 Å². The van der Waals surface area contributed by atoms with Crippen LogP contribution in [0.1, 0.15) is 26.7 Å². The van der Waals surface area contributed by atoms with E-state index >= 15 is 0 Å². The summed E-state index contributed by atoms with van der Waals surface area (Å²) in [6.45, 7) is 12.1. The molecule has 1 rings (SSSR count). The van der Waals surface area contributed by atoms with Gasteiger partial charge in [0.15, 0.2) is 0 Å². The van der Waals surface area contributed by atoms with Gasteiger partial charge >= 0.3 is 0 Å². The van der Waals surface area contributed by atoms with Gasteiger partial charge in [-0.05, 0) is 31.8 Å². The van der Waals surface area contributed by atoms with E-state index in [1.165, 1.54) is 32.5 Å². The average molecular weight is 214 g/mol. The zero-order chi connectivity index (χ0) is 10.9. The molecule has 1 saturated heterocycles. The lowest BCUT2D eigenvalue weighted by atomic mass is 10.1. The standard InChI is InChI=1S/C12H26N2O/c1-12(2)4-10-15-11-9-14-7-3-5-13-6-8-14/h12-13H,3-11H2,1-2H3. The monoisotopic (exact) mass is 214 g/mol. The number of nitrogens with one attached hydrogen (secondary N) is 1. The number of hydrogen-bond donors (Lipinski definition) is 1. The summed E-state index contributed by atoms with van der Waals surface area (Å²) in [7, 11) is 0. The fraction of sp³-hybridized carbons (Fsp3) is 1.00. The molecule has 0 aliphatic carbocycles. The van der Waals surface area contributed by atoms with Gasteiger partial charge in [-0.3, -0.25) is 4.90 Å². The van der Waals surface area contributed by atoms with Crippen LogP contribution in [0.2, 0.25) is 0 Å². The van der Waals surface area contributed by atoms with Gasteiger partial charge in [-0.25, -0.2) is 0 Å². The third-order valence-electron chi connectivity index (χ3n) is 2.82. The molecule has 0 bridgehead atoms. The van der Waals surface area contributed by atoms with Gasteiger partial charge < -0.3 is 10.1 Å². The van der Waals surface area contributed by atoms with Crippen molar-refractivity contribution in [2.24, 2.45) is 5.92 Å². The van der Waals surface area contributed by atoms with Crippen LogP contribution in [-0.2, 0) is 4.74 Å². The van der Waals surface area contributed by atoms with E-state index in [0.717, 1.165) is 32.2 Å². The Morgan fingerprint density at radius 2 is 2.07 bits per heavy atom. The third-order valence-corrected chi connectivity index (χ3v) is 2.82. The second-order valence-electron chi connectivity index (χ2n) is 4.74. The fourth-order valence-electron chi connectivity index (χ4n) is 1.74. The van der Waals surface area contributed by atoms with E-state index in [4.69, 9.17) is 4.74 Å². The van der Waals surface area contributed by atoms with Crippen molar-refractivity contribution in [2.45, 2.75) is 26.7 Å². The highest BCUT2D eigenvalue weighted by Gasteiger charge is 2.07. The molecule has 1 aliphatic heterocycles. The molecule has 0 spiro atoms. The minimum Gasteiger partial charge on any atom is -0.380 e. The Labute approximate surface area is 94.2 Å². The normalized spacial score (nSPS) is 19.4. The molecule has 1 aliphatic rings. The summed E-state index contributed by atoms with van der Waals surface area (Å²) in [6.07, 6.45) is 2.45. The van der Waals surface area contributed by atoms with Crippen LogP contribution < -0.4 is 5.32 Å². The van der Waals surface area contributed by atoms with Crippen molar-refractivity contribution < 1.29 is 4.74 Å². The first-order valence-electron chi connectivity index (χ1n) is 6.30. The molecule has 0 aromatic carbocycles. The largest absolute Gasteiger partial charge is 0.380 e. The minimum atomic E-state index is 0.757. The number of rotatable bonds is 6. The van der Waals surface area contributed by atoms with E-state index in [9.17, 15) is 0 Å². The lowest BCUT2D eigenvalue weighted by molar-refractivity contribution is 0.0979. The maximum atomic E-state index is 5.63. The number of ether oxygens (including phenoxy) is 1. The molecule has 1 N–H and O–H groups in total. The van der Waals surface area contributed by atoms with E-state index in [1.54, 1.807) is 0 Å². The maximum Gasteiger partial charge on any atom is 0.0593 e. The van der Waals surface area contributed by atoms with Crippen LogP contribution in [0.15, 0.2) is 0 Å². The van der Waals surface area contributed by atoms with Gasteiger partial charge in [0.25, 0.3) is 0 Å². The van der Waals surface area contributed by atoms with Crippen molar-refractivity contribution in [3.63, 3.8) is 0 Å². The summed E-state index contributed by atoms with van der Waals surface area (Å²) in [4.78, 5) is 2.50. The van der Waals surface area contributed by atoms with Crippen LogP contribution in [0.4, 0.5) is 0 Å². The summed E-state index contributed by atoms with van der Waals surface area (Å²) >= 11 is 0. The van der Waals surface area contributed by atoms with Crippen molar-refractivity contribution in [1.82, 2.24) is 10.2 Å². The summed E-state index contributed by atoms with van der Waals surface area (Å²) in [5.74, 6) is 0.757. The molecule has 3 heteroatoms. The first kappa shape index (κ1) is 12.9. The first-order valence-corrected chi connectivity index (χ1v) is 6.30. The molecule has 0 atom stereocenters. The molecule has 3 nitrogen and oxygen atoms in total. The van der Waals surface area contributed by atoms with E-state index in [1.807, 2.05) is 0 Å². The van der Waals surface area contributed by atoms with Gasteiger partial charge in [-0.2, -0.15) is 0 Å². The second-order valence-corrected chi connectivity index (χ2v) is 4.74. The Balaban J connectivity index is 1.94. The average Bonchev–Trinajstić information content (AvgIpc) is 2.45. The molecule has 1 fully saturated rings. The highest BCUT2D eigenvalue weighted by molar-refractivity contribution is 4.65. The molecule has 0 radical (unpaired) electrons. The third kappa shape index (κ3) is 6.88. The lowest BCUT2D eigenvalue weighted by Crippen LogP contribution is -2.31. The van der Waals surface area contributed by atoms with Crippen molar-refractivity contribution in [1.29, 1.82) is 0 Å². The summed E-state index contributed by atoms with van der Waals surface area (Å²) in [5, 5.41) is 3.41. The molecule has 0 amide bonds. The zero-order valence-corrected chi connectivity index (χ0v) is 10.3. The quantitative estimate of drug-likeness (QED) is 0.675. The Hall–Kier alpha value is -0.120. The van der Waals surface area contributed by atoms with Gasteiger partial charge in [0.05, 0.1) is 6.61 Å². The van der Waals surface area contributed by atoms with E-state index in [-0.39, 0.29) is 0 Å². The Bertz CT molecular complexity index is 143. The lowest BCUT2D eigenvalue weighted by Gasteiger charge is -2.19. The fourth-order valence-corrected chi connectivity index (χ4v) is 1.74.